The first-order valence-corrected chi connectivity index (χ1v) is 4.63. The van der Waals surface area contributed by atoms with Gasteiger partial charge in [-0.3, -0.25) is 0 Å². The second-order valence-electron chi connectivity index (χ2n) is 3.56. The summed E-state index contributed by atoms with van der Waals surface area (Å²) in [4.78, 5) is 0. The standard InChI is InChI=1S/C10H12ClNO/c1-7-8(3-2-4-9(7)11)10(12)5-13-6-10/h2-4H,5-6,12H2,1H3. The zero-order valence-electron chi connectivity index (χ0n) is 7.51. The van der Waals surface area contributed by atoms with E-state index in [1.54, 1.807) is 0 Å². The molecule has 0 radical (unpaired) electrons. The fourth-order valence-corrected chi connectivity index (χ4v) is 1.80. The Labute approximate surface area is 82.6 Å². The van der Waals surface area contributed by atoms with Crippen LogP contribution >= 0.6 is 11.6 Å². The molecule has 2 rings (SSSR count). The predicted octanol–water partition coefficient (Wildman–Crippen LogP) is 1.83. The van der Waals surface area contributed by atoms with Crippen molar-refractivity contribution in [3.63, 3.8) is 0 Å². The molecule has 0 aliphatic carbocycles. The molecule has 1 aliphatic heterocycles. The Hall–Kier alpha value is -0.570. The molecule has 0 amide bonds. The first-order chi connectivity index (χ1) is 6.13. The Kier molecular flexibility index (Phi) is 2.06. The molecule has 3 heteroatoms. The molecule has 1 aromatic rings. The van der Waals surface area contributed by atoms with Crippen LogP contribution in [0.5, 0.6) is 0 Å². The molecule has 1 saturated heterocycles. The van der Waals surface area contributed by atoms with Crippen LogP contribution in [-0.2, 0) is 10.3 Å². The molecule has 13 heavy (non-hydrogen) atoms. The van der Waals surface area contributed by atoms with Gasteiger partial charge in [0.2, 0.25) is 0 Å². The Bertz CT molecular complexity index is 334. The topological polar surface area (TPSA) is 35.2 Å². The highest BCUT2D eigenvalue weighted by Gasteiger charge is 2.37. The van der Waals surface area contributed by atoms with E-state index in [0.717, 1.165) is 16.1 Å². The predicted molar refractivity (Wildman–Crippen MR) is 52.9 cm³/mol. The molecule has 0 aromatic heterocycles. The van der Waals surface area contributed by atoms with Gasteiger partial charge in [-0.2, -0.15) is 0 Å². The summed E-state index contributed by atoms with van der Waals surface area (Å²) in [5, 5.41) is 0.772. The highest BCUT2D eigenvalue weighted by Crippen LogP contribution is 2.31. The minimum absolute atomic E-state index is 0.311. The number of hydrogen-bond acceptors (Lipinski definition) is 2. The van der Waals surface area contributed by atoms with E-state index in [1.165, 1.54) is 0 Å². The molecule has 0 bridgehead atoms. The molecule has 0 unspecified atom stereocenters. The van der Waals surface area contributed by atoms with Gasteiger partial charge in [0.05, 0.1) is 18.8 Å². The average Bonchev–Trinajstić information content (AvgIpc) is 2.06. The smallest absolute Gasteiger partial charge is 0.0886 e. The number of halogens is 1. The summed E-state index contributed by atoms with van der Waals surface area (Å²) in [5.41, 5.74) is 7.97. The van der Waals surface area contributed by atoms with Crippen molar-refractivity contribution in [3.05, 3.63) is 34.3 Å². The summed E-state index contributed by atoms with van der Waals surface area (Å²) < 4.78 is 5.12. The first kappa shape index (κ1) is 9.00. The van der Waals surface area contributed by atoms with Gasteiger partial charge < -0.3 is 10.5 Å². The van der Waals surface area contributed by atoms with Crippen molar-refractivity contribution in [1.82, 2.24) is 0 Å². The van der Waals surface area contributed by atoms with E-state index in [0.29, 0.717) is 13.2 Å². The number of nitrogens with two attached hydrogens (primary N) is 1. The van der Waals surface area contributed by atoms with Crippen LogP contribution in [0.2, 0.25) is 5.02 Å². The monoisotopic (exact) mass is 197 g/mol. The second-order valence-corrected chi connectivity index (χ2v) is 3.97. The van der Waals surface area contributed by atoms with E-state index in [-0.39, 0.29) is 5.54 Å². The zero-order chi connectivity index (χ0) is 9.47. The molecular formula is C10H12ClNO. The van der Waals surface area contributed by atoms with Crippen LogP contribution in [0.4, 0.5) is 0 Å². The normalized spacial score (nSPS) is 19.6. The minimum Gasteiger partial charge on any atom is -0.377 e. The van der Waals surface area contributed by atoms with Gasteiger partial charge in [-0.15, -0.1) is 0 Å². The summed E-state index contributed by atoms with van der Waals surface area (Å²) in [6, 6.07) is 5.82. The van der Waals surface area contributed by atoms with Crippen LogP contribution in [0.25, 0.3) is 0 Å². The average molecular weight is 198 g/mol. The molecule has 2 N–H and O–H groups in total. The van der Waals surface area contributed by atoms with Gasteiger partial charge in [0.1, 0.15) is 0 Å². The molecule has 2 nitrogen and oxygen atoms in total. The number of benzene rings is 1. The molecule has 1 fully saturated rings. The van der Waals surface area contributed by atoms with Crippen LogP contribution in [0.1, 0.15) is 11.1 Å². The van der Waals surface area contributed by atoms with Crippen LogP contribution in [0.3, 0.4) is 0 Å². The third-order valence-electron chi connectivity index (χ3n) is 2.52. The molecule has 1 aromatic carbocycles. The summed E-state index contributed by atoms with van der Waals surface area (Å²) in [7, 11) is 0. The maximum Gasteiger partial charge on any atom is 0.0886 e. The van der Waals surface area contributed by atoms with Gasteiger partial charge in [0, 0.05) is 5.02 Å². The SMILES string of the molecule is Cc1c(Cl)cccc1C1(N)COC1. The molecular weight excluding hydrogens is 186 g/mol. The second kappa shape index (κ2) is 2.98. The third-order valence-corrected chi connectivity index (χ3v) is 2.93. The lowest BCUT2D eigenvalue weighted by molar-refractivity contribution is -0.0572. The largest absolute Gasteiger partial charge is 0.377 e. The van der Waals surface area contributed by atoms with E-state index < -0.39 is 0 Å². The Morgan fingerprint density at radius 1 is 1.46 bits per heavy atom. The van der Waals surface area contributed by atoms with Gasteiger partial charge >= 0.3 is 0 Å². The molecule has 1 heterocycles. The van der Waals surface area contributed by atoms with Crippen LogP contribution in [0.15, 0.2) is 18.2 Å². The van der Waals surface area contributed by atoms with Crippen LogP contribution < -0.4 is 5.73 Å². The van der Waals surface area contributed by atoms with Gasteiger partial charge in [-0.1, -0.05) is 23.7 Å². The Morgan fingerprint density at radius 2 is 2.15 bits per heavy atom. The van der Waals surface area contributed by atoms with Crippen molar-refractivity contribution in [1.29, 1.82) is 0 Å². The van der Waals surface area contributed by atoms with E-state index >= 15 is 0 Å². The molecule has 0 atom stereocenters. The lowest BCUT2D eigenvalue weighted by atomic mass is 9.86. The maximum atomic E-state index is 6.11. The van der Waals surface area contributed by atoms with E-state index in [9.17, 15) is 0 Å². The highest BCUT2D eigenvalue weighted by atomic mass is 35.5. The number of hydrogen-bond donors (Lipinski definition) is 1. The molecule has 0 spiro atoms. The summed E-state index contributed by atoms with van der Waals surface area (Å²) in [6.07, 6.45) is 0. The lowest BCUT2D eigenvalue weighted by Crippen LogP contribution is -2.54. The van der Waals surface area contributed by atoms with Gasteiger partial charge in [0.15, 0.2) is 0 Å². The molecule has 70 valence electrons. The maximum absolute atomic E-state index is 6.11. The lowest BCUT2D eigenvalue weighted by Gasteiger charge is -2.39. The van der Waals surface area contributed by atoms with Crippen molar-refractivity contribution in [2.75, 3.05) is 13.2 Å². The first-order valence-electron chi connectivity index (χ1n) is 4.26. The van der Waals surface area contributed by atoms with Crippen molar-refractivity contribution < 1.29 is 4.74 Å². The van der Waals surface area contributed by atoms with Gasteiger partial charge in [-0.25, -0.2) is 0 Å². The minimum atomic E-state index is -0.311. The summed E-state index contributed by atoms with van der Waals surface area (Å²) in [5.74, 6) is 0. The fraction of sp³-hybridized carbons (Fsp3) is 0.400. The Morgan fingerprint density at radius 3 is 2.69 bits per heavy atom. The third kappa shape index (κ3) is 1.35. The fourth-order valence-electron chi connectivity index (χ4n) is 1.62. The summed E-state index contributed by atoms with van der Waals surface area (Å²) >= 11 is 6.00. The van der Waals surface area contributed by atoms with E-state index in [4.69, 9.17) is 22.1 Å². The van der Waals surface area contributed by atoms with Crippen molar-refractivity contribution in [3.8, 4) is 0 Å². The zero-order valence-corrected chi connectivity index (χ0v) is 8.27. The summed E-state index contributed by atoms with van der Waals surface area (Å²) in [6.45, 7) is 3.17. The number of rotatable bonds is 1. The van der Waals surface area contributed by atoms with Crippen LogP contribution in [-0.4, -0.2) is 13.2 Å². The molecule has 1 aliphatic rings. The van der Waals surface area contributed by atoms with Crippen molar-refractivity contribution >= 4 is 11.6 Å². The van der Waals surface area contributed by atoms with Gasteiger partial charge in [0.25, 0.3) is 0 Å². The molecule has 0 saturated carbocycles. The van der Waals surface area contributed by atoms with E-state index in [1.807, 2.05) is 25.1 Å². The van der Waals surface area contributed by atoms with E-state index in [2.05, 4.69) is 0 Å². The van der Waals surface area contributed by atoms with Crippen molar-refractivity contribution in [2.45, 2.75) is 12.5 Å². The Balaban J connectivity index is 2.45. The highest BCUT2D eigenvalue weighted by molar-refractivity contribution is 6.31. The quantitative estimate of drug-likeness (QED) is 0.746. The van der Waals surface area contributed by atoms with Crippen molar-refractivity contribution in [2.24, 2.45) is 5.73 Å². The number of ether oxygens (including phenoxy) is 1. The van der Waals surface area contributed by atoms with Gasteiger partial charge in [-0.05, 0) is 24.1 Å². The van der Waals surface area contributed by atoms with Crippen LogP contribution in [0, 0.1) is 6.92 Å².